The van der Waals surface area contributed by atoms with Crippen LogP contribution in [0.25, 0.3) is 0 Å². The van der Waals surface area contributed by atoms with Gasteiger partial charge in [0.15, 0.2) is 0 Å². The van der Waals surface area contributed by atoms with Crippen molar-refractivity contribution in [2.45, 2.75) is 46.1 Å². The summed E-state index contributed by atoms with van der Waals surface area (Å²) in [7, 11) is 0. The molecule has 0 amide bonds. The predicted molar refractivity (Wildman–Crippen MR) is 76.6 cm³/mol. The van der Waals surface area contributed by atoms with Gasteiger partial charge in [0.25, 0.3) is 0 Å². The van der Waals surface area contributed by atoms with Gasteiger partial charge in [0.1, 0.15) is 0 Å². The normalized spacial score (nSPS) is 11.6. The molecule has 2 nitrogen and oxygen atoms in total. The predicted octanol–water partition coefficient (Wildman–Crippen LogP) is 3.34. The van der Waals surface area contributed by atoms with Crippen LogP contribution in [0.4, 0.5) is 5.69 Å². The van der Waals surface area contributed by atoms with Crippen molar-refractivity contribution in [3.8, 4) is 0 Å². The summed E-state index contributed by atoms with van der Waals surface area (Å²) in [5, 5.41) is 0. The Kier molecular flexibility index (Phi) is 5.01. The third-order valence-corrected chi connectivity index (χ3v) is 3.00. The molecular formula is C15H26N2. The topological polar surface area (TPSA) is 29.3 Å². The maximum atomic E-state index is 6.01. The molecule has 0 unspecified atom stereocenters. The van der Waals surface area contributed by atoms with Gasteiger partial charge in [-0.15, -0.1) is 0 Å². The lowest BCUT2D eigenvalue weighted by Gasteiger charge is -2.26. The van der Waals surface area contributed by atoms with Gasteiger partial charge < -0.3 is 10.6 Å². The molecule has 1 rings (SSSR count). The molecule has 2 N–H and O–H groups in total. The van der Waals surface area contributed by atoms with Crippen LogP contribution in [0.5, 0.6) is 0 Å². The van der Waals surface area contributed by atoms with Gasteiger partial charge in [-0.3, -0.25) is 0 Å². The van der Waals surface area contributed by atoms with Crippen molar-refractivity contribution >= 4 is 5.69 Å². The third-order valence-electron chi connectivity index (χ3n) is 3.00. The quantitative estimate of drug-likeness (QED) is 0.818. The van der Waals surface area contributed by atoms with Crippen molar-refractivity contribution in [3.05, 3.63) is 29.8 Å². The molecule has 0 aliphatic carbocycles. The van der Waals surface area contributed by atoms with Gasteiger partial charge in [-0.1, -0.05) is 12.1 Å². The lowest BCUT2D eigenvalue weighted by Crippen LogP contribution is -2.33. The van der Waals surface area contributed by atoms with Crippen LogP contribution < -0.4 is 10.6 Å². The van der Waals surface area contributed by atoms with Crippen molar-refractivity contribution < 1.29 is 0 Å². The van der Waals surface area contributed by atoms with Crippen LogP contribution in [0.3, 0.4) is 0 Å². The largest absolute Gasteiger partial charge is 0.372 e. The van der Waals surface area contributed by atoms with E-state index in [1.54, 1.807) is 0 Å². The molecule has 0 atom stereocenters. The number of benzene rings is 1. The maximum absolute atomic E-state index is 6.01. The zero-order valence-electron chi connectivity index (χ0n) is 11.7. The molecule has 0 aliphatic rings. The minimum atomic E-state index is -0.0496. The molecule has 0 fully saturated rings. The first kappa shape index (κ1) is 14.0. The van der Waals surface area contributed by atoms with Gasteiger partial charge >= 0.3 is 0 Å². The molecule has 0 aliphatic heterocycles. The zero-order valence-corrected chi connectivity index (χ0v) is 11.7. The van der Waals surface area contributed by atoms with E-state index in [4.69, 9.17) is 5.73 Å². The van der Waals surface area contributed by atoms with Crippen molar-refractivity contribution in [3.63, 3.8) is 0 Å². The summed E-state index contributed by atoms with van der Waals surface area (Å²) in [6, 6.07) is 8.70. The monoisotopic (exact) mass is 234 g/mol. The van der Waals surface area contributed by atoms with E-state index in [-0.39, 0.29) is 5.54 Å². The second-order valence-corrected chi connectivity index (χ2v) is 5.51. The highest BCUT2D eigenvalue weighted by atomic mass is 15.1. The fraction of sp³-hybridized carbons (Fsp3) is 0.600. The number of hydrogen-bond donors (Lipinski definition) is 1. The zero-order chi connectivity index (χ0) is 12.9. The number of aryl methyl sites for hydroxylation is 1. The standard InChI is InChI=1S/C15H26N2/c1-5-17(11-7-10-15(3,4)16)14-9-6-8-13(2)12-14/h6,8-9,12H,5,7,10-11,16H2,1-4H3. The van der Waals surface area contributed by atoms with Gasteiger partial charge in [0.2, 0.25) is 0 Å². The van der Waals surface area contributed by atoms with E-state index < -0.39 is 0 Å². The highest BCUT2D eigenvalue weighted by Gasteiger charge is 2.11. The molecule has 0 spiro atoms. The van der Waals surface area contributed by atoms with E-state index in [9.17, 15) is 0 Å². The average molecular weight is 234 g/mol. The lowest BCUT2D eigenvalue weighted by molar-refractivity contribution is 0.458. The molecule has 17 heavy (non-hydrogen) atoms. The van der Waals surface area contributed by atoms with Gasteiger partial charge in [0, 0.05) is 24.3 Å². The minimum Gasteiger partial charge on any atom is -0.372 e. The van der Waals surface area contributed by atoms with Crippen LogP contribution in [0.15, 0.2) is 24.3 Å². The Hall–Kier alpha value is -1.02. The van der Waals surface area contributed by atoms with Gasteiger partial charge in [-0.25, -0.2) is 0 Å². The first-order chi connectivity index (χ1) is 7.92. The summed E-state index contributed by atoms with van der Waals surface area (Å²) in [4.78, 5) is 2.42. The van der Waals surface area contributed by atoms with Gasteiger partial charge in [0.05, 0.1) is 0 Å². The number of nitrogens with two attached hydrogens (primary N) is 1. The third kappa shape index (κ3) is 5.22. The lowest BCUT2D eigenvalue weighted by atomic mass is 10.00. The fourth-order valence-corrected chi connectivity index (χ4v) is 2.02. The Morgan fingerprint density at radius 1 is 1.29 bits per heavy atom. The highest BCUT2D eigenvalue weighted by molar-refractivity contribution is 5.48. The van der Waals surface area contributed by atoms with Gasteiger partial charge in [-0.05, 0) is 58.2 Å². The number of nitrogens with zero attached hydrogens (tertiary/aromatic N) is 1. The SMILES string of the molecule is CCN(CCCC(C)(C)N)c1cccc(C)c1. The molecule has 0 heterocycles. The van der Waals surface area contributed by atoms with E-state index in [1.165, 1.54) is 11.3 Å². The fourth-order valence-electron chi connectivity index (χ4n) is 2.02. The van der Waals surface area contributed by atoms with Crippen molar-refractivity contribution in [1.82, 2.24) is 0 Å². The van der Waals surface area contributed by atoms with Crippen LogP contribution in [0.2, 0.25) is 0 Å². The van der Waals surface area contributed by atoms with Crippen molar-refractivity contribution in [2.24, 2.45) is 5.73 Å². The maximum Gasteiger partial charge on any atom is 0.0368 e. The van der Waals surface area contributed by atoms with Crippen LogP contribution in [0.1, 0.15) is 39.2 Å². The Balaban J connectivity index is 2.54. The molecule has 0 saturated carbocycles. The second-order valence-electron chi connectivity index (χ2n) is 5.51. The molecule has 0 saturated heterocycles. The first-order valence-electron chi connectivity index (χ1n) is 6.53. The molecule has 0 bridgehead atoms. The van der Waals surface area contributed by atoms with Crippen molar-refractivity contribution in [1.29, 1.82) is 0 Å². The molecular weight excluding hydrogens is 208 g/mol. The number of anilines is 1. The van der Waals surface area contributed by atoms with Crippen molar-refractivity contribution in [2.75, 3.05) is 18.0 Å². The van der Waals surface area contributed by atoms with Gasteiger partial charge in [-0.2, -0.15) is 0 Å². The summed E-state index contributed by atoms with van der Waals surface area (Å²) >= 11 is 0. The molecule has 2 heteroatoms. The molecule has 1 aromatic rings. The van der Waals surface area contributed by atoms with E-state index in [2.05, 4.69) is 56.9 Å². The Labute approximate surface area is 106 Å². The summed E-state index contributed by atoms with van der Waals surface area (Å²) in [6.45, 7) is 10.7. The van der Waals surface area contributed by atoms with E-state index in [0.29, 0.717) is 0 Å². The van der Waals surface area contributed by atoms with E-state index in [1.807, 2.05) is 0 Å². The molecule has 1 aromatic carbocycles. The number of rotatable bonds is 6. The Bertz CT molecular complexity index is 339. The molecule has 96 valence electrons. The summed E-state index contributed by atoms with van der Waals surface area (Å²) in [5.74, 6) is 0. The van der Waals surface area contributed by atoms with Crippen LogP contribution in [-0.2, 0) is 0 Å². The second kappa shape index (κ2) is 6.06. The van der Waals surface area contributed by atoms with E-state index >= 15 is 0 Å². The molecule has 0 radical (unpaired) electrons. The average Bonchev–Trinajstić information content (AvgIpc) is 2.23. The minimum absolute atomic E-state index is 0.0496. The Morgan fingerprint density at radius 2 is 2.00 bits per heavy atom. The Morgan fingerprint density at radius 3 is 2.53 bits per heavy atom. The first-order valence-corrected chi connectivity index (χ1v) is 6.53. The number of hydrogen-bond acceptors (Lipinski definition) is 2. The summed E-state index contributed by atoms with van der Waals surface area (Å²) in [5.41, 5.74) is 8.60. The smallest absolute Gasteiger partial charge is 0.0368 e. The highest BCUT2D eigenvalue weighted by Crippen LogP contribution is 2.17. The summed E-state index contributed by atoms with van der Waals surface area (Å²) in [6.07, 6.45) is 2.21. The van der Waals surface area contributed by atoms with Crippen LogP contribution in [-0.4, -0.2) is 18.6 Å². The summed E-state index contributed by atoms with van der Waals surface area (Å²) < 4.78 is 0. The van der Waals surface area contributed by atoms with E-state index in [0.717, 1.165) is 25.9 Å². The van der Waals surface area contributed by atoms with Crippen LogP contribution >= 0.6 is 0 Å². The molecule has 0 aromatic heterocycles. The van der Waals surface area contributed by atoms with Crippen LogP contribution in [0, 0.1) is 6.92 Å².